The Morgan fingerprint density at radius 2 is 2.11 bits per heavy atom. The van der Waals surface area contributed by atoms with Gasteiger partial charge in [0.1, 0.15) is 12.1 Å². The number of amides is 1. The van der Waals surface area contributed by atoms with Crippen LogP contribution in [-0.4, -0.2) is 36.0 Å². The first-order chi connectivity index (χ1) is 8.72. The number of anilines is 1. The van der Waals surface area contributed by atoms with Crippen LogP contribution in [0.5, 0.6) is 0 Å². The van der Waals surface area contributed by atoms with Crippen molar-refractivity contribution in [3.05, 3.63) is 30.6 Å². The molecule has 1 amide bonds. The second kappa shape index (κ2) is 5.44. The fourth-order valence-electron chi connectivity index (χ4n) is 1.84. The number of nitrogens with one attached hydrogen (secondary N) is 1. The average Bonchev–Trinajstić information content (AvgIpc) is 2.38. The molecule has 0 spiro atoms. The zero-order valence-electron chi connectivity index (χ0n) is 10.6. The van der Waals surface area contributed by atoms with E-state index in [9.17, 15) is 4.79 Å². The average molecular weight is 244 g/mol. The van der Waals surface area contributed by atoms with E-state index >= 15 is 0 Å². The fraction of sp³-hybridized carbons (Fsp3) is 0.308. The highest BCUT2D eigenvalue weighted by atomic mass is 16.2. The fourth-order valence-corrected chi connectivity index (χ4v) is 1.84. The molecule has 1 aromatic carbocycles. The van der Waals surface area contributed by atoms with Gasteiger partial charge in [0.05, 0.1) is 12.1 Å². The van der Waals surface area contributed by atoms with Gasteiger partial charge in [-0.15, -0.1) is 0 Å². The highest BCUT2D eigenvalue weighted by Crippen LogP contribution is 2.20. The molecule has 0 saturated heterocycles. The highest BCUT2D eigenvalue weighted by molar-refractivity contribution is 5.91. The van der Waals surface area contributed by atoms with Crippen LogP contribution >= 0.6 is 0 Å². The maximum atomic E-state index is 11.6. The molecule has 0 unspecified atom stereocenters. The van der Waals surface area contributed by atoms with E-state index in [1.807, 2.05) is 43.1 Å². The highest BCUT2D eigenvalue weighted by Gasteiger charge is 2.11. The lowest BCUT2D eigenvalue weighted by Gasteiger charge is -2.18. The van der Waals surface area contributed by atoms with Crippen molar-refractivity contribution in [2.45, 2.75) is 6.92 Å². The first-order valence-corrected chi connectivity index (χ1v) is 5.90. The number of carbonyl (C=O) groups is 1. The van der Waals surface area contributed by atoms with E-state index < -0.39 is 0 Å². The Kier molecular flexibility index (Phi) is 3.72. The number of fused-ring (bicyclic) bond motifs is 1. The topological polar surface area (TPSA) is 58.1 Å². The summed E-state index contributed by atoms with van der Waals surface area (Å²) in [6.45, 7) is 2.82. The van der Waals surface area contributed by atoms with Gasteiger partial charge >= 0.3 is 0 Å². The third-order valence-corrected chi connectivity index (χ3v) is 2.64. The molecular weight excluding hydrogens is 228 g/mol. The summed E-state index contributed by atoms with van der Waals surface area (Å²) in [5, 5.41) is 3.72. The summed E-state index contributed by atoms with van der Waals surface area (Å²) in [4.78, 5) is 21.9. The smallest absolute Gasteiger partial charge is 0.239 e. The number of hydrogen-bond donors (Lipinski definition) is 1. The van der Waals surface area contributed by atoms with Crippen LogP contribution in [0.1, 0.15) is 6.92 Å². The Morgan fingerprint density at radius 3 is 2.89 bits per heavy atom. The Labute approximate surface area is 106 Å². The van der Waals surface area contributed by atoms with Crippen molar-refractivity contribution >= 4 is 22.6 Å². The van der Waals surface area contributed by atoms with Crippen LogP contribution < -0.4 is 10.2 Å². The maximum absolute atomic E-state index is 11.6. The number of carbonyl (C=O) groups excluding carboxylic acids is 1. The Bertz CT molecular complexity index is 550. The molecule has 0 saturated carbocycles. The van der Waals surface area contributed by atoms with E-state index in [1.54, 1.807) is 0 Å². The summed E-state index contributed by atoms with van der Waals surface area (Å²) < 4.78 is 0. The van der Waals surface area contributed by atoms with E-state index in [2.05, 4.69) is 15.3 Å². The van der Waals surface area contributed by atoms with Crippen LogP contribution in [0.4, 0.5) is 5.82 Å². The van der Waals surface area contributed by atoms with Crippen LogP contribution in [0.2, 0.25) is 0 Å². The molecule has 1 heterocycles. The van der Waals surface area contributed by atoms with Crippen molar-refractivity contribution in [1.82, 2.24) is 15.3 Å². The third-order valence-electron chi connectivity index (χ3n) is 2.64. The molecule has 94 valence electrons. The number of aromatic nitrogens is 2. The molecule has 0 aliphatic heterocycles. The molecule has 0 aliphatic carbocycles. The molecular formula is C13H16N4O. The molecule has 5 nitrogen and oxygen atoms in total. The summed E-state index contributed by atoms with van der Waals surface area (Å²) in [5.41, 5.74) is 0.880. The van der Waals surface area contributed by atoms with Crippen LogP contribution in [0.3, 0.4) is 0 Å². The van der Waals surface area contributed by atoms with Gasteiger partial charge < -0.3 is 10.2 Å². The number of nitrogens with zero attached hydrogens (tertiary/aromatic N) is 3. The molecule has 0 bridgehead atoms. The lowest BCUT2D eigenvalue weighted by atomic mass is 10.2. The van der Waals surface area contributed by atoms with E-state index in [0.29, 0.717) is 6.54 Å². The molecule has 18 heavy (non-hydrogen) atoms. The summed E-state index contributed by atoms with van der Waals surface area (Å²) in [7, 11) is 1.85. The van der Waals surface area contributed by atoms with Gasteiger partial charge in [0.15, 0.2) is 0 Å². The van der Waals surface area contributed by atoms with Crippen LogP contribution in [0.15, 0.2) is 30.6 Å². The predicted octanol–water partition coefficient (Wildman–Crippen LogP) is 1.20. The molecule has 1 aromatic heterocycles. The zero-order chi connectivity index (χ0) is 13.0. The normalized spacial score (nSPS) is 10.3. The quantitative estimate of drug-likeness (QED) is 0.878. The molecule has 0 radical (unpaired) electrons. The third kappa shape index (κ3) is 2.56. The monoisotopic (exact) mass is 244 g/mol. The standard InChI is InChI=1S/C13H16N4O/c1-3-14-12(18)8-17(2)13-10-6-4-5-7-11(10)15-9-16-13/h4-7,9H,3,8H2,1-2H3,(H,14,18). The first-order valence-electron chi connectivity index (χ1n) is 5.90. The molecule has 0 aliphatic rings. The second-order valence-electron chi connectivity index (χ2n) is 4.02. The Hall–Kier alpha value is -2.17. The first kappa shape index (κ1) is 12.3. The van der Waals surface area contributed by atoms with E-state index in [-0.39, 0.29) is 12.5 Å². The largest absolute Gasteiger partial charge is 0.355 e. The van der Waals surface area contributed by atoms with Crippen LogP contribution in [0, 0.1) is 0 Å². The number of rotatable bonds is 4. The van der Waals surface area contributed by atoms with Gasteiger partial charge in [-0.3, -0.25) is 4.79 Å². The summed E-state index contributed by atoms with van der Waals surface area (Å²) in [5.74, 6) is 0.759. The summed E-state index contributed by atoms with van der Waals surface area (Å²) in [6, 6.07) is 7.76. The number of para-hydroxylation sites is 1. The molecule has 2 rings (SSSR count). The van der Waals surface area contributed by atoms with Crippen molar-refractivity contribution in [2.24, 2.45) is 0 Å². The van der Waals surface area contributed by atoms with Gasteiger partial charge in [-0.25, -0.2) is 9.97 Å². The zero-order valence-corrected chi connectivity index (χ0v) is 10.6. The number of likely N-dealkylation sites (N-methyl/N-ethyl adjacent to an activating group) is 2. The predicted molar refractivity (Wildman–Crippen MR) is 71.5 cm³/mol. The van der Waals surface area contributed by atoms with Gasteiger partial charge in [0, 0.05) is 19.0 Å². The Balaban J connectivity index is 2.27. The van der Waals surface area contributed by atoms with Gasteiger partial charge in [-0.05, 0) is 19.1 Å². The molecule has 1 N–H and O–H groups in total. The SMILES string of the molecule is CCNC(=O)CN(C)c1ncnc2ccccc12. The maximum Gasteiger partial charge on any atom is 0.239 e. The lowest BCUT2D eigenvalue weighted by Crippen LogP contribution is -2.35. The molecule has 0 atom stereocenters. The van der Waals surface area contributed by atoms with E-state index in [4.69, 9.17) is 0 Å². The lowest BCUT2D eigenvalue weighted by molar-refractivity contribution is -0.119. The van der Waals surface area contributed by atoms with Gasteiger partial charge in [-0.1, -0.05) is 12.1 Å². The van der Waals surface area contributed by atoms with Gasteiger partial charge in [0.25, 0.3) is 0 Å². The summed E-state index contributed by atoms with van der Waals surface area (Å²) >= 11 is 0. The molecule has 5 heteroatoms. The second-order valence-corrected chi connectivity index (χ2v) is 4.02. The van der Waals surface area contributed by atoms with Crippen molar-refractivity contribution in [1.29, 1.82) is 0 Å². The van der Waals surface area contributed by atoms with Crippen molar-refractivity contribution in [3.63, 3.8) is 0 Å². The molecule has 2 aromatic rings. The van der Waals surface area contributed by atoms with Crippen molar-refractivity contribution in [2.75, 3.05) is 25.0 Å². The van der Waals surface area contributed by atoms with E-state index in [1.165, 1.54) is 6.33 Å². The summed E-state index contributed by atoms with van der Waals surface area (Å²) in [6.07, 6.45) is 1.52. The Morgan fingerprint density at radius 1 is 1.33 bits per heavy atom. The van der Waals surface area contributed by atoms with Gasteiger partial charge in [-0.2, -0.15) is 0 Å². The number of benzene rings is 1. The van der Waals surface area contributed by atoms with Crippen molar-refractivity contribution in [3.8, 4) is 0 Å². The van der Waals surface area contributed by atoms with Crippen LogP contribution in [0.25, 0.3) is 10.9 Å². The number of hydrogen-bond acceptors (Lipinski definition) is 4. The minimum Gasteiger partial charge on any atom is -0.355 e. The molecule has 0 fully saturated rings. The minimum absolute atomic E-state index is 0.0114. The van der Waals surface area contributed by atoms with E-state index in [0.717, 1.165) is 16.7 Å². The van der Waals surface area contributed by atoms with Crippen LogP contribution in [-0.2, 0) is 4.79 Å². The van der Waals surface area contributed by atoms with Crippen molar-refractivity contribution < 1.29 is 4.79 Å². The minimum atomic E-state index is -0.0114. The van der Waals surface area contributed by atoms with Gasteiger partial charge in [0.2, 0.25) is 5.91 Å².